The van der Waals surface area contributed by atoms with Crippen molar-refractivity contribution in [3.63, 3.8) is 0 Å². The van der Waals surface area contributed by atoms with Crippen LogP contribution in [0.2, 0.25) is 0 Å². The van der Waals surface area contributed by atoms with Crippen LogP contribution in [0, 0.1) is 0 Å². The third-order valence-electron chi connectivity index (χ3n) is 4.62. The van der Waals surface area contributed by atoms with Gasteiger partial charge in [0, 0.05) is 32.0 Å². The molecule has 0 aromatic rings. The average Bonchev–Trinajstić information content (AvgIpc) is 3.04. The molecule has 2 aliphatic heterocycles. The molecule has 3 fully saturated rings. The lowest BCUT2D eigenvalue weighted by Gasteiger charge is -2.35. The van der Waals surface area contributed by atoms with Crippen LogP contribution in [0.15, 0.2) is 0 Å². The average molecular weight is 254 g/mol. The van der Waals surface area contributed by atoms with Gasteiger partial charge in [-0.3, -0.25) is 0 Å². The van der Waals surface area contributed by atoms with Crippen molar-refractivity contribution in [2.24, 2.45) is 0 Å². The highest BCUT2D eigenvalue weighted by Gasteiger charge is 2.40. The Balaban J connectivity index is 1.32. The highest BCUT2D eigenvalue weighted by atomic mass is 16.7. The van der Waals surface area contributed by atoms with Gasteiger partial charge < -0.3 is 19.7 Å². The molecule has 0 radical (unpaired) electrons. The van der Waals surface area contributed by atoms with Crippen molar-refractivity contribution in [3.05, 3.63) is 0 Å². The fourth-order valence-electron chi connectivity index (χ4n) is 3.48. The Morgan fingerprint density at radius 2 is 1.72 bits per heavy atom. The van der Waals surface area contributed by atoms with Gasteiger partial charge in [-0.05, 0) is 38.8 Å². The van der Waals surface area contributed by atoms with Gasteiger partial charge in [0.15, 0.2) is 5.79 Å². The van der Waals surface area contributed by atoms with E-state index in [4.69, 9.17) is 9.47 Å². The number of ether oxygens (including phenoxy) is 2. The second-order valence-electron chi connectivity index (χ2n) is 5.88. The number of nitrogens with zero attached hydrogens (tertiary/aromatic N) is 1. The molecule has 0 aromatic carbocycles. The molecule has 1 spiro atoms. The van der Waals surface area contributed by atoms with E-state index in [0.29, 0.717) is 6.04 Å². The van der Waals surface area contributed by atoms with E-state index in [1.165, 1.54) is 45.3 Å². The Kier molecular flexibility index (Phi) is 4.19. The van der Waals surface area contributed by atoms with Crippen molar-refractivity contribution in [2.75, 3.05) is 39.4 Å². The summed E-state index contributed by atoms with van der Waals surface area (Å²) in [7, 11) is 0. The molecule has 0 aromatic heterocycles. The monoisotopic (exact) mass is 254 g/mol. The van der Waals surface area contributed by atoms with Crippen LogP contribution in [0.1, 0.15) is 38.5 Å². The Morgan fingerprint density at radius 3 is 2.39 bits per heavy atom. The minimum Gasteiger partial charge on any atom is -0.348 e. The maximum absolute atomic E-state index is 5.76. The molecule has 1 N–H and O–H groups in total. The molecule has 0 unspecified atom stereocenters. The topological polar surface area (TPSA) is 33.7 Å². The Labute approximate surface area is 110 Å². The van der Waals surface area contributed by atoms with E-state index in [1.54, 1.807) is 0 Å². The first-order valence-corrected chi connectivity index (χ1v) is 7.60. The van der Waals surface area contributed by atoms with Gasteiger partial charge in [0.25, 0.3) is 0 Å². The van der Waals surface area contributed by atoms with Crippen LogP contribution < -0.4 is 5.32 Å². The van der Waals surface area contributed by atoms with Crippen LogP contribution >= 0.6 is 0 Å². The summed E-state index contributed by atoms with van der Waals surface area (Å²) < 4.78 is 11.5. The van der Waals surface area contributed by atoms with Crippen LogP contribution in [-0.4, -0.2) is 56.1 Å². The maximum Gasteiger partial charge on any atom is 0.168 e. The molecule has 1 saturated carbocycles. The molecule has 1 aliphatic carbocycles. The van der Waals surface area contributed by atoms with Gasteiger partial charge in [0.2, 0.25) is 0 Å². The van der Waals surface area contributed by atoms with E-state index in [2.05, 4.69) is 10.2 Å². The molecular weight excluding hydrogens is 228 g/mol. The van der Waals surface area contributed by atoms with E-state index < -0.39 is 0 Å². The summed E-state index contributed by atoms with van der Waals surface area (Å²) in [5.41, 5.74) is 0. The van der Waals surface area contributed by atoms with Gasteiger partial charge in [-0.1, -0.05) is 0 Å². The predicted molar refractivity (Wildman–Crippen MR) is 70.6 cm³/mol. The molecular formula is C14H26N2O2. The van der Waals surface area contributed by atoms with Crippen molar-refractivity contribution in [1.82, 2.24) is 10.2 Å². The molecule has 104 valence electrons. The summed E-state index contributed by atoms with van der Waals surface area (Å²) in [6.45, 7) is 6.53. The van der Waals surface area contributed by atoms with Crippen molar-refractivity contribution in [1.29, 1.82) is 0 Å². The van der Waals surface area contributed by atoms with Crippen molar-refractivity contribution < 1.29 is 9.47 Å². The molecule has 0 bridgehead atoms. The second kappa shape index (κ2) is 5.87. The van der Waals surface area contributed by atoms with E-state index >= 15 is 0 Å². The number of hydrogen-bond donors (Lipinski definition) is 1. The van der Waals surface area contributed by atoms with Crippen LogP contribution in [0.25, 0.3) is 0 Å². The second-order valence-corrected chi connectivity index (χ2v) is 5.88. The molecule has 2 heterocycles. The van der Waals surface area contributed by atoms with Gasteiger partial charge in [-0.25, -0.2) is 0 Å². The van der Waals surface area contributed by atoms with Gasteiger partial charge in [-0.15, -0.1) is 0 Å². The van der Waals surface area contributed by atoms with Crippen molar-refractivity contribution in [2.45, 2.75) is 50.4 Å². The highest BCUT2D eigenvalue weighted by Crippen LogP contribution is 2.35. The van der Waals surface area contributed by atoms with E-state index in [1.807, 2.05) is 0 Å². The minimum absolute atomic E-state index is 0.201. The van der Waals surface area contributed by atoms with Gasteiger partial charge in [-0.2, -0.15) is 0 Å². The Morgan fingerprint density at radius 1 is 1.06 bits per heavy atom. The third kappa shape index (κ3) is 3.05. The largest absolute Gasteiger partial charge is 0.348 e. The van der Waals surface area contributed by atoms with Crippen molar-refractivity contribution >= 4 is 0 Å². The number of nitrogens with one attached hydrogen (secondary N) is 1. The standard InChI is InChI=1S/C14H26N2O2/c1-2-9-16(8-1)10-7-15-13-3-5-14(6-4-13)17-11-12-18-14/h13,15H,1-12H2. The molecule has 0 amide bonds. The van der Waals surface area contributed by atoms with E-state index in [-0.39, 0.29) is 5.79 Å². The molecule has 2 saturated heterocycles. The number of hydrogen-bond acceptors (Lipinski definition) is 4. The predicted octanol–water partition coefficient (Wildman–Crippen LogP) is 1.36. The lowest BCUT2D eigenvalue weighted by molar-refractivity contribution is -0.179. The third-order valence-corrected chi connectivity index (χ3v) is 4.62. The van der Waals surface area contributed by atoms with Gasteiger partial charge >= 0.3 is 0 Å². The van der Waals surface area contributed by atoms with E-state index in [9.17, 15) is 0 Å². The van der Waals surface area contributed by atoms with Crippen LogP contribution in [-0.2, 0) is 9.47 Å². The van der Waals surface area contributed by atoms with Crippen molar-refractivity contribution in [3.8, 4) is 0 Å². The molecule has 18 heavy (non-hydrogen) atoms. The van der Waals surface area contributed by atoms with Crippen LogP contribution in [0.5, 0.6) is 0 Å². The van der Waals surface area contributed by atoms with E-state index in [0.717, 1.165) is 32.6 Å². The number of likely N-dealkylation sites (tertiary alicyclic amines) is 1. The summed E-state index contributed by atoms with van der Waals surface area (Å²) in [6.07, 6.45) is 7.30. The SMILES string of the molecule is C1CCN(CCNC2CCC3(CC2)OCCO3)C1. The first kappa shape index (κ1) is 12.9. The summed E-state index contributed by atoms with van der Waals surface area (Å²) >= 11 is 0. The quantitative estimate of drug-likeness (QED) is 0.821. The lowest BCUT2D eigenvalue weighted by atomic mass is 9.90. The first-order chi connectivity index (χ1) is 8.86. The maximum atomic E-state index is 5.76. The normalized spacial score (nSPS) is 29.3. The van der Waals surface area contributed by atoms with Gasteiger partial charge in [0.05, 0.1) is 13.2 Å². The molecule has 3 rings (SSSR count). The molecule has 4 heteroatoms. The smallest absolute Gasteiger partial charge is 0.168 e. The molecule has 3 aliphatic rings. The molecule has 0 atom stereocenters. The summed E-state index contributed by atoms with van der Waals surface area (Å²) in [4.78, 5) is 2.57. The fourth-order valence-corrected chi connectivity index (χ4v) is 3.48. The fraction of sp³-hybridized carbons (Fsp3) is 1.00. The first-order valence-electron chi connectivity index (χ1n) is 7.60. The Bertz CT molecular complexity index is 251. The molecule has 4 nitrogen and oxygen atoms in total. The summed E-state index contributed by atoms with van der Waals surface area (Å²) in [5, 5.41) is 3.70. The van der Waals surface area contributed by atoms with Gasteiger partial charge in [0.1, 0.15) is 0 Å². The zero-order valence-electron chi connectivity index (χ0n) is 11.3. The highest BCUT2D eigenvalue weighted by molar-refractivity contribution is 4.85. The number of rotatable bonds is 4. The summed E-state index contributed by atoms with van der Waals surface area (Å²) in [5.74, 6) is -0.201. The zero-order chi connectivity index (χ0) is 12.3. The Hall–Kier alpha value is -0.160. The van der Waals surface area contributed by atoms with Crippen LogP contribution in [0.3, 0.4) is 0 Å². The lowest BCUT2D eigenvalue weighted by Crippen LogP contribution is -2.43. The summed E-state index contributed by atoms with van der Waals surface area (Å²) in [6, 6.07) is 0.672. The van der Waals surface area contributed by atoms with Crippen LogP contribution in [0.4, 0.5) is 0 Å². The zero-order valence-corrected chi connectivity index (χ0v) is 11.3. The minimum atomic E-state index is -0.201.